The molecule has 1 rings (SSSR count). The zero-order valence-electron chi connectivity index (χ0n) is 8.41. The first-order chi connectivity index (χ1) is 6.00. The van der Waals surface area contributed by atoms with Crippen molar-refractivity contribution in [1.82, 2.24) is 4.90 Å². The zero-order valence-corrected chi connectivity index (χ0v) is 8.41. The van der Waals surface area contributed by atoms with Gasteiger partial charge in [-0.2, -0.15) is 0 Å². The summed E-state index contributed by atoms with van der Waals surface area (Å²) in [6.07, 6.45) is 0.0402. The molecule has 0 radical (unpaired) electrons. The first-order valence-electron chi connectivity index (χ1n) is 4.45. The third kappa shape index (κ3) is 1.84. The number of carbonyl (C=O) groups excluding carboxylic acids is 1. The number of aliphatic hydroxyl groups excluding tert-OH is 1. The van der Waals surface area contributed by atoms with Crippen molar-refractivity contribution in [1.29, 1.82) is 0 Å². The van der Waals surface area contributed by atoms with Crippen LogP contribution < -0.4 is 0 Å². The van der Waals surface area contributed by atoms with Gasteiger partial charge >= 0.3 is 5.97 Å². The Labute approximate surface area is 78.5 Å². The van der Waals surface area contributed by atoms with E-state index >= 15 is 0 Å². The van der Waals surface area contributed by atoms with E-state index in [9.17, 15) is 9.90 Å². The van der Waals surface area contributed by atoms with Crippen LogP contribution in [0.3, 0.4) is 0 Å². The minimum Gasteiger partial charge on any atom is -0.468 e. The predicted molar refractivity (Wildman–Crippen MR) is 48.2 cm³/mol. The van der Waals surface area contributed by atoms with Crippen LogP contribution in [0.25, 0.3) is 0 Å². The maximum atomic E-state index is 11.4. The average molecular weight is 187 g/mol. The van der Waals surface area contributed by atoms with E-state index in [0.717, 1.165) is 6.54 Å². The Bertz CT molecular complexity index is 207. The van der Waals surface area contributed by atoms with Gasteiger partial charge in [0.1, 0.15) is 5.41 Å². The van der Waals surface area contributed by atoms with E-state index in [1.807, 2.05) is 11.9 Å². The van der Waals surface area contributed by atoms with Gasteiger partial charge in [0.2, 0.25) is 0 Å². The molecular weight excluding hydrogens is 170 g/mol. The summed E-state index contributed by atoms with van der Waals surface area (Å²) in [5.74, 6) is -0.327. The number of aliphatic hydroxyl groups is 1. The van der Waals surface area contributed by atoms with Gasteiger partial charge in [-0.1, -0.05) is 0 Å². The molecule has 0 amide bonds. The van der Waals surface area contributed by atoms with E-state index < -0.39 is 11.5 Å². The van der Waals surface area contributed by atoms with Gasteiger partial charge in [-0.25, -0.2) is 0 Å². The lowest BCUT2D eigenvalue weighted by Crippen LogP contribution is -2.53. The molecule has 0 aromatic rings. The van der Waals surface area contributed by atoms with Crippen molar-refractivity contribution < 1.29 is 14.6 Å². The number of rotatable bonds is 1. The second-order valence-electron chi connectivity index (χ2n) is 3.95. The number of esters is 1. The van der Waals surface area contributed by atoms with Crippen molar-refractivity contribution in [2.75, 3.05) is 27.2 Å². The molecule has 1 saturated heterocycles. The van der Waals surface area contributed by atoms with Crippen LogP contribution in [-0.4, -0.2) is 49.3 Å². The van der Waals surface area contributed by atoms with Crippen molar-refractivity contribution in [3.63, 3.8) is 0 Å². The number of nitrogens with zero attached hydrogens (tertiary/aromatic N) is 1. The van der Waals surface area contributed by atoms with Crippen LogP contribution in [0.5, 0.6) is 0 Å². The van der Waals surface area contributed by atoms with Crippen LogP contribution >= 0.6 is 0 Å². The maximum Gasteiger partial charge on any atom is 0.315 e. The fourth-order valence-corrected chi connectivity index (χ4v) is 1.84. The molecule has 2 atom stereocenters. The number of hydrogen-bond donors (Lipinski definition) is 1. The summed E-state index contributed by atoms with van der Waals surface area (Å²) in [5, 5.41) is 9.72. The smallest absolute Gasteiger partial charge is 0.315 e. The summed E-state index contributed by atoms with van der Waals surface area (Å²) < 4.78 is 4.69. The van der Waals surface area contributed by atoms with Gasteiger partial charge < -0.3 is 14.7 Å². The lowest BCUT2D eigenvalue weighted by atomic mass is 9.79. The molecule has 0 bridgehead atoms. The highest BCUT2D eigenvalue weighted by Gasteiger charge is 2.44. The van der Waals surface area contributed by atoms with E-state index in [1.165, 1.54) is 7.11 Å². The monoisotopic (exact) mass is 187 g/mol. The fraction of sp³-hybridized carbons (Fsp3) is 0.889. The van der Waals surface area contributed by atoms with Crippen molar-refractivity contribution in [3.05, 3.63) is 0 Å². The van der Waals surface area contributed by atoms with Crippen molar-refractivity contribution >= 4 is 5.97 Å². The Kier molecular flexibility index (Phi) is 2.93. The second kappa shape index (κ2) is 3.64. The lowest BCUT2D eigenvalue weighted by molar-refractivity contribution is -0.164. The Hall–Kier alpha value is -0.610. The van der Waals surface area contributed by atoms with E-state index in [1.54, 1.807) is 6.92 Å². The lowest BCUT2D eigenvalue weighted by Gasteiger charge is -2.40. The van der Waals surface area contributed by atoms with Crippen LogP contribution in [0.2, 0.25) is 0 Å². The van der Waals surface area contributed by atoms with Gasteiger partial charge in [-0.15, -0.1) is 0 Å². The topological polar surface area (TPSA) is 49.8 Å². The summed E-state index contributed by atoms with van der Waals surface area (Å²) in [6.45, 7) is 3.13. The van der Waals surface area contributed by atoms with Gasteiger partial charge in [0.25, 0.3) is 0 Å². The molecule has 1 fully saturated rings. The van der Waals surface area contributed by atoms with E-state index in [0.29, 0.717) is 13.0 Å². The highest BCUT2D eigenvalue weighted by atomic mass is 16.5. The molecule has 0 saturated carbocycles. The zero-order chi connectivity index (χ0) is 10.1. The van der Waals surface area contributed by atoms with E-state index in [2.05, 4.69) is 4.74 Å². The predicted octanol–water partition coefficient (Wildman–Crippen LogP) is -0.138. The first kappa shape index (κ1) is 10.5. The largest absolute Gasteiger partial charge is 0.468 e. The minimum absolute atomic E-state index is 0.327. The first-order valence-corrected chi connectivity index (χ1v) is 4.45. The third-order valence-corrected chi connectivity index (χ3v) is 2.77. The minimum atomic E-state index is -0.762. The van der Waals surface area contributed by atoms with Crippen LogP contribution in [0.15, 0.2) is 0 Å². The molecule has 0 spiro atoms. The number of carbonyl (C=O) groups is 1. The number of ether oxygens (including phenoxy) is 1. The van der Waals surface area contributed by atoms with Gasteiger partial charge in [-0.3, -0.25) is 4.79 Å². The number of likely N-dealkylation sites (tertiary alicyclic amines) is 1. The quantitative estimate of drug-likeness (QED) is 0.581. The third-order valence-electron chi connectivity index (χ3n) is 2.77. The molecule has 76 valence electrons. The fourth-order valence-electron chi connectivity index (χ4n) is 1.84. The van der Waals surface area contributed by atoms with E-state index in [4.69, 9.17) is 0 Å². The van der Waals surface area contributed by atoms with Crippen molar-refractivity contribution in [2.24, 2.45) is 5.41 Å². The molecule has 1 heterocycles. The molecule has 0 aliphatic carbocycles. The standard InChI is InChI=1S/C9H17NO3/c1-9(8(12)13-3)6-10(2)5-4-7(9)11/h7,11H,4-6H2,1-3H3. The van der Waals surface area contributed by atoms with Crippen LogP contribution in [0.4, 0.5) is 0 Å². The maximum absolute atomic E-state index is 11.4. The van der Waals surface area contributed by atoms with Gasteiger partial charge in [0, 0.05) is 13.1 Å². The molecular formula is C9H17NO3. The summed E-state index contributed by atoms with van der Waals surface area (Å²) in [5.41, 5.74) is -0.762. The molecule has 1 aliphatic heterocycles. The Morgan fingerprint density at radius 1 is 1.69 bits per heavy atom. The van der Waals surface area contributed by atoms with Crippen molar-refractivity contribution in [2.45, 2.75) is 19.4 Å². The average Bonchev–Trinajstić information content (AvgIpc) is 2.10. The Morgan fingerprint density at radius 3 is 2.85 bits per heavy atom. The molecule has 4 heteroatoms. The Morgan fingerprint density at radius 2 is 2.31 bits per heavy atom. The molecule has 1 N–H and O–H groups in total. The van der Waals surface area contributed by atoms with Crippen LogP contribution in [0.1, 0.15) is 13.3 Å². The number of hydrogen-bond acceptors (Lipinski definition) is 4. The SMILES string of the molecule is COC(=O)C1(C)CN(C)CCC1O. The second-order valence-corrected chi connectivity index (χ2v) is 3.95. The highest BCUT2D eigenvalue weighted by molar-refractivity contribution is 5.77. The molecule has 13 heavy (non-hydrogen) atoms. The van der Waals surface area contributed by atoms with Gasteiger partial charge in [-0.05, 0) is 20.4 Å². The van der Waals surface area contributed by atoms with Gasteiger partial charge in [0.05, 0.1) is 13.2 Å². The molecule has 0 aromatic heterocycles. The number of piperidine rings is 1. The molecule has 4 nitrogen and oxygen atoms in total. The van der Waals surface area contributed by atoms with Gasteiger partial charge in [0.15, 0.2) is 0 Å². The summed E-state index contributed by atoms with van der Waals surface area (Å²) in [7, 11) is 3.29. The normalized spacial score (nSPS) is 35.8. The highest BCUT2D eigenvalue weighted by Crippen LogP contribution is 2.30. The van der Waals surface area contributed by atoms with Crippen LogP contribution in [-0.2, 0) is 9.53 Å². The summed E-state index contributed by atoms with van der Waals surface area (Å²) >= 11 is 0. The summed E-state index contributed by atoms with van der Waals surface area (Å²) in [4.78, 5) is 13.5. The molecule has 0 aromatic carbocycles. The van der Waals surface area contributed by atoms with Crippen LogP contribution in [0, 0.1) is 5.41 Å². The van der Waals surface area contributed by atoms with E-state index in [-0.39, 0.29) is 5.97 Å². The summed E-state index contributed by atoms with van der Waals surface area (Å²) in [6, 6.07) is 0. The molecule has 1 aliphatic rings. The van der Waals surface area contributed by atoms with Crippen molar-refractivity contribution in [3.8, 4) is 0 Å². The molecule has 2 unspecified atom stereocenters. The Balaban J connectivity index is 2.78. The number of methoxy groups -OCH3 is 1.